The number of hydrogen-bond donors (Lipinski definition) is 0. The van der Waals surface area contributed by atoms with Gasteiger partial charge in [-0.3, -0.25) is 0 Å². The second-order valence-corrected chi connectivity index (χ2v) is 7.58. The Labute approximate surface area is 108 Å². The molecule has 98 valence electrons. The van der Waals surface area contributed by atoms with E-state index in [0.717, 1.165) is 23.2 Å². The van der Waals surface area contributed by atoms with Crippen molar-refractivity contribution in [3.8, 4) is 0 Å². The first kappa shape index (κ1) is 12.1. The molecule has 0 aliphatic heterocycles. The smallest absolute Gasteiger partial charge is 0.0290 e. The zero-order valence-electron chi connectivity index (χ0n) is 11.7. The van der Waals surface area contributed by atoms with Crippen LogP contribution >= 0.6 is 0 Å². The Morgan fingerprint density at radius 2 is 1.29 bits per heavy atom. The molecule has 4 aliphatic carbocycles. The molecular weight excluding hydrogens is 204 g/mol. The SMILES string of the molecule is CCCCCCCC12CC3CC(CC(C3)C1)C2. The lowest BCUT2D eigenvalue weighted by Crippen LogP contribution is -2.45. The van der Waals surface area contributed by atoms with Gasteiger partial charge in [-0.1, -0.05) is 39.0 Å². The van der Waals surface area contributed by atoms with E-state index in [4.69, 9.17) is 0 Å². The van der Waals surface area contributed by atoms with Gasteiger partial charge in [0.25, 0.3) is 0 Å². The van der Waals surface area contributed by atoms with Gasteiger partial charge in [-0.25, -0.2) is 0 Å². The summed E-state index contributed by atoms with van der Waals surface area (Å²) in [6.07, 6.45) is 18.6. The summed E-state index contributed by atoms with van der Waals surface area (Å²) in [5, 5.41) is 0. The van der Waals surface area contributed by atoms with Gasteiger partial charge in [0.1, 0.15) is 0 Å². The third-order valence-corrected chi connectivity index (χ3v) is 5.98. The van der Waals surface area contributed by atoms with Crippen LogP contribution in [0.2, 0.25) is 0 Å². The summed E-state index contributed by atoms with van der Waals surface area (Å²) >= 11 is 0. The fourth-order valence-electron chi connectivity index (χ4n) is 5.70. The van der Waals surface area contributed by atoms with Gasteiger partial charge in [0.05, 0.1) is 0 Å². The quantitative estimate of drug-likeness (QED) is 0.527. The molecule has 4 aliphatic rings. The van der Waals surface area contributed by atoms with Crippen molar-refractivity contribution in [1.82, 2.24) is 0 Å². The molecule has 0 N–H and O–H groups in total. The molecule has 0 heteroatoms. The van der Waals surface area contributed by atoms with E-state index in [1.807, 2.05) is 0 Å². The van der Waals surface area contributed by atoms with Crippen molar-refractivity contribution in [3.63, 3.8) is 0 Å². The molecule has 4 fully saturated rings. The Hall–Kier alpha value is 0. The van der Waals surface area contributed by atoms with E-state index in [1.165, 1.54) is 32.1 Å². The van der Waals surface area contributed by atoms with E-state index in [0.29, 0.717) is 0 Å². The van der Waals surface area contributed by atoms with Gasteiger partial charge in [0.15, 0.2) is 0 Å². The summed E-state index contributed by atoms with van der Waals surface area (Å²) in [4.78, 5) is 0. The predicted molar refractivity (Wildman–Crippen MR) is 74.0 cm³/mol. The minimum absolute atomic E-state index is 0.848. The van der Waals surface area contributed by atoms with Crippen molar-refractivity contribution < 1.29 is 0 Å². The van der Waals surface area contributed by atoms with Crippen LogP contribution < -0.4 is 0 Å². The lowest BCUT2D eigenvalue weighted by molar-refractivity contribution is -0.0583. The van der Waals surface area contributed by atoms with E-state index >= 15 is 0 Å². The standard InChI is InChI=1S/C17H30/c1-2-3-4-5-6-7-17-11-14-8-15(12-17)10-16(9-14)13-17/h14-16H,2-13H2,1H3. The summed E-state index contributed by atoms with van der Waals surface area (Å²) in [5.74, 6) is 3.45. The average Bonchev–Trinajstić information content (AvgIpc) is 2.26. The highest BCUT2D eigenvalue weighted by atomic mass is 14.5. The average molecular weight is 234 g/mol. The molecule has 4 rings (SSSR count). The normalized spacial score (nSPS) is 43.2. The minimum Gasteiger partial charge on any atom is -0.0654 e. The van der Waals surface area contributed by atoms with Crippen molar-refractivity contribution in [2.24, 2.45) is 23.2 Å². The van der Waals surface area contributed by atoms with Crippen molar-refractivity contribution in [2.45, 2.75) is 84.0 Å². The largest absolute Gasteiger partial charge is 0.0654 e. The predicted octanol–water partition coefficient (Wildman–Crippen LogP) is 5.56. The molecule has 0 atom stereocenters. The Bertz CT molecular complexity index is 217. The van der Waals surface area contributed by atoms with Gasteiger partial charge in [0, 0.05) is 0 Å². The highest BCUT2D eigenvalue weighted by Gasteiger charge is 2.50. The topological polar surface area (TPSA) is 0 Å². The van der Waals surface area contributed by atoms with Crippen LogP contribution in [0.3, 0.4) is 0 Å². The molecule has 0 saturated heterocycles. The Morgan fingerprint density at radius 3 is 1.82 bits per heavy atom. The monoisotopic (exact) mass is 234 g/mol. The van der Waals surface area contributed by atoms with Gasteiger partial charge in [-0.05, 0) is 68.1 Å². The second kappa shape index (κ2) is 4.94. The maximum Gasteiger partial charge on any atom is -0.0290 e. The van der Waals surface area contributed by atoms with Crippen molar-refractivity contribution in [3.05, 3.63) is 0 Å². The van der Waals surface area contributed by atoms with Crippen LogP contribution in [-0.2, 0) is 0 Å². The summed E-state index contributed by atoms with van der Waals surface area (Å²) in [7, 11) is 0. The van der Waals surface area contributed by atoms with Gasteiger partial charge in [-0.15, -0.1) is 0 Å². The molecule has 0 aromatic rings. The van der Waals surface area contributed by atoms with E-state index in [-0.39, 0.29) is 0 Å². The summed E-state index contributed by atoms with van der Waals surface area (Å²) < 4.78 is 0. The zero-order valence-corrected chi connectivity index (χ0v) is 11.7. The lowest BCUT2D eigenvalue weighted by atomic mass is 9.48. The number of rotatable bonds is 6. The van der Waals surface area contributed by atoms with Crippen molar-refractivity contribution >= 4 is 0 Å². The molecule has 0 aromatic heterocycles. The van der Waals surface area contributed by atoms with Crippen LogP contribution in [0.15, 0.2) is 0 Å². The molecule has 4 bridgehead atoms. The first-order valence-corrected chi connectivity index (χ1v) is 8.30. The van der Waals surface area contributed by atoms with Crippen LogP contribution in [0.4, 0.5) is 0 Å². The van der Waals surface area contributed by atoms with Crippen LogP contribution in [-0.4, -0.2) is 0 Å². The molecule has 0 amide bonds. The lowest BCUT2D eigenvalue weighted by Gasteiger charge is -2.57. The first-order chi connectivity index (χ1) is 8.30. The molecule has 0 nitrogen and oxygen atoms in total. The van der Waals surface area contributed by atoms with E-state index < -0.39 is 0 Å². The van der Waals surface area contributed by atoms with Crippen LogP contribution in [0.5, 0.6) is 0 Å². The van der Waals surface area contributed by atoms with Crippen LogP contribution in [0.25, 0.3) is 0 Å². The molecule has 0 spiro atoms. The molecule has 4 saturated carbocycles. The highest BCUT2D eigenvalue weighted by molar-refractivity contribution is 5.01. The maximum atomic E-state index is 2.32. The molecule has 0 radical (unpaired) electrons. The fraction of sp³-hybridized carbons (Fsp3) is 1.00. The van der Waals surface area contributed by atoms with Crippen LogP contribution in [0, 0.1) is 23.2 Å². The van der Waals surface area contributed by atoms with Crippen molar-refractivity contribution in [1.29, 1.82) is 0 Å². The van der Waals surface area contributed by atoms with Gasteiger partial charge in [-0.2, -0.15) is 0 Å². The number of unbranched alkanes of at least 4 members (excludes halogenated alkanes) is 4. The Balaban J connectivity index is 1.49. The van der Waals surface area contributed by atoms with Gasteiger partial charge in [0.2, 0.25) is 0 Å². The third kappa shape index (κ3) is 2.56. The minimum atomic E-state index is 0.848. The van der Waals surface area contributed by atoms with Gasteiger partial charge >= 0.3 is 0 Å². The molecule has 0 unspecified atom stereocenters. The Morgan fingerprint density at radius 1 is 0.765 bits per heavy atom. The number of hydrogen-bond acceptors (Lipinski definition) is 0. The molecule has 17 heavy (non-hydrogen) atoms. The second-order valence-electron chi connectivity index (χ2n) is 7.58. The van der Waals surface area contributed by atoms with E-state index in [2.05, 4.69) is 6.92 Å². The summed E-state index contributed by atoms with van der Waals surface area (Å²) in [6, 6.07) is 0. The molecule has 0 aromatic carbocycles. The maximum absolute atomic E-state index is 2.32. The van der Waals surface area contributed by atoms with E-state index in [1.54, 1.807) is 44.9 Å². The van der Waals surface area contributed by atoms with Crippen LogP contribution in [0.1, 0.15) is 84.0 Å². The summed E-state index contributed by atoms with van der Waals surface area (Å²) in [6.45, 7) is 2.32. The summed E-state index contributed by atoms with van der Waals surface area (Å²) in [5.41, 5.74) is 0.848. The van der Waals surface area contributed by atoms with Gasteiger partial charge < -0.3 is 0 Å². The first-order valence-electron chi connectivity index (χ1n) is 8.30. The highest BCUT2D eigenvalue weighted by Crippen LogP contribution is 2.61. The van der Waals surface area contributed by atoms with E-state index in [9.17, 15) is 0 Å². The van der Waals surface area contributed by atoms with Crippen molar-refractivity contribution in [2.75, 3.05) is 0 Å². The molecule has 0 heterocycles. The third-order valence-electron chi connectivity index (χ3n) is 5.98. The fourth-order valence-corrected chi connectivity index (χ4v) is 5.70. The Kier molecular flexibility index (Phi) is 3.50. The molecular formula is C17H30. The zero-order chi connectivity index (χ0) is 11.7.